The maximum Gasteiger partial charge on any atom is 0.407 e. The van der Waals surface area contributed by atoms with E-state index in [0.29, 0.717) is 13.0 Å². The van der Waals surface area contributed by atoms with Gasteiger partial charge in [0.05, 0.1) is 12.7 Å². The number of hydrogen-bond acceptors (Lipinski definition) is 3. The first-order chi connectivity index (χ1) is 8.64. The molecule has 2 aliphatic carbocycles. The molecule has 1 amide bonds. The molecule has 0 unspecified atom stereocenters. The third-order valence-corrected chi connectivity index (χ3v) is 4.53. The molecule has 0 heterocycles. The molecule has 2 rings (SSSR count). The van der Waals surface area contributed by atoms with E-state index in [0.717, 1.165) is 44.9 Å². The third kappa shape index (κ3) is 2.60. The highest BCUT2D eigenvalue weighted by molar-refractivity contribution is 5.68. The quantitative estimate of drug-likeness (QED) is 0.762. The van der Waals surface area contributed by atoms with Crippen LogP contribution in [0.15, 0.2) is 0 Å². The first-order valence-corrected chi connectivity index (χ1v) is 6.96. The smallest absolute Gasteiger partial charge is 0.407 e. The van der Waals surface area contributed by atoms with E-state index in [-0.39, 0.29) is 17.0 Å². The second-order valence-corrected chi connectivity index (χ2v) is 5.91. The number of nitriles is 1. The molecule has 0 saturated heterocycles. The average molecular weight is 250 g/mol. The number of hydrogen-bond donors (Lipinski definition) is 1. The Bertz CT molecular complexity index is 351. The molecule has 4 heteroatoms. The Morgan fingerprint density at radius 2 is 2.11 bits per heavy atom. The van der Waals surface area contributed by atoms with Crippen molar-refractivity contribution in [3.63, 3.8) is 0 Å². The maximum absolute atomic E-state index is 11.7. The van der Waals surface area contributed by atoms with Crippen LogP contribution in [0, 0.1) is 16.7 Å². The number of amides is 1. The lowest BCUT2D eigenvalue weighted by molar-refractivity contribution is 0.131. The second-order valence-electron chi connectivity index (χ2n) is 5.91. The number of unbranched alkanes of at least 4 members (excludes halogenated alkanes) is 1. The summed E-state index contributed by atoms with van der Waals surface area (Å²) < 4.78 is 5.17. The number of carbonyl (C=O) groups excluding carboxylic acids is 1. The van der Waals surface area contributed by atoms with Crippen molar-refractivity contribution in [1.82, 2.24) is 5.32 Å². The van der Waals surface area contributed by atoms with Crippen molar-refractivity contribution in [3.8, 4) is 6.07 Å². The molecule has 0 atom stereocenters. The summed E-state index contributed by atoms with van der Waals surface area (Å²) >= 11 is 0. The number of nitrogens with one attached hydrogen (secondary N) is 1. The molecule has 18 heavy (non-hydrogen) atoms. The van der Waals surface area contributed by atoms with E-state index < -0.39 is 0 Å². The van der Waals surface area contributed by atoms with Gasteiger partial charge in [0.15, 0.2) is 0 Å². The first-order valence-electron chi connectivity index (χ1n) is 6.96. The van der Waals surface area contributed by atoms with Gasteiger partial charge in [0.2, 0.25) is 0 Å². The van der Waals surface area contributed by atoms with Crippen LogP contribution in [0.25, 0.3) is 0 Å². The van der Waals surface area contributed by atoms with Crippen molar-refractivity contribution in [2.24, 2.45) is 5.41 Å². The van der Waals surface area contributed by atoms with Crippen molar-refractivity contribution >= 4 is 6.09 Å². The van der Waals surface area contributed by atoms with Gasteiger partial charge in [-0.05, 0) is 43.9 Å². The van der Waals surface area contributed by atoms with Crippen LogP contribution in [0.3, 0.4) is 0 Å². The van der Waals surface area contributed by atoms with Crippen LogP contribution < -0.4 is 5.32 Å². The largest absolute Gasteiger partial charge is 0.450 e. The fourth-order valence-corrected chi connectivity index (χ4v) is 3.47. The molecule has 2 bridgehead atoms. The predicted molar refractivity (Wildman–Crippen MR) is 67.9 cm³/mol. The molecular formula is C14H22N2O2. The molecule has 100 valence electrons. The van der Waals surface area contributed by atoms with Gasteiger partial charge in [0.1, 0.15) is 0 Å². The number of fused-ring (bicyclic) bond motifs is 2. The molecule has 2 fully saturated rings. The summed E-state index contributed by atoms with van der Waals surface area (Å²) in [5.41, 5.74) is 0.0889. The zero-order valence-electron chi connectivity index (χ0n) is 11.1. The second kappa shape index (κ2) is 5.17. The number of nitrogens with zero attached hydrogens (tertiary/aromatic N) is 1. The van der Waals surface area contributed by atoms with E-state index in [4.69, 9.17) is 10.00 Å². The number of carbonyl (C=O) groups is 1. The van der Waals surface area contributed by atoms with Gasteiger partial charge < -0.3 is 10.1 Å². The van der Waals surface area contributed by atoms with Crippen LogP contribution >= 0.6 is 0 Å². The molecule has 0 aliphatic heterocycles. The van der Waals surface area contributed by atoms with Gasteiger partial charge in [-0.2, -0.15) is 5.26 Å². The molecule has 0 aromatic carbocycles. The van der Waals surface area contributed by atoms with Gasteiger partial charge in [-0.3, -0.25) is 0 Å². The Kier molecular flexibility index (Phi) is 3.79. The number of ether oxygens (including phenoxy) is 1. The van der Waals surface area contributed by atoms with Gasteiger partial charge in [0.25, 0.3) is 0 Å². The third-order valence-electron chi connectivity index (χ3n) is 4.53. The Hall–Kier alpha value is -1.24. The molecule has 1 N–H and O–H groups in total. The van der Waals surface area contributed by atoms with E-state index in [9.17, 15) is 4.79 Å². The summed E-state index contributed by atoms with van der Waals surface area (Å²) in [5.74, 6) is 0. The van der Waals surface area contributed by atoms with E-state index in [1.54, 1.807) is 0 Å². The lowest BCUT2D eigenvalue weighted by Crippen LogP contribution is -2.45. The highest BCUT2D eigenvalue weighted by atomic mass is 16.5. The molecule has 2 saturated carbocycles. The SMILES string of the molecule is CCCCOC(=O)NC12CCC(CC#N)(CC1)C2. The molecule has 0 radical (unpaired) electrons. The number of rotatable bonds is 5. The van der Waals surface area contributed by atoms with Crippen LogP contribution in [-0.4, -0.2) is 18.2 Å². The van der Waals surface area contributed by atoms with E-state index in [1.807, 2.05) is 0 Å². The normalized spacial score (nSPS) is 33.1. The lowest BCUT2D eigenvalue weighted by atomic mass is 9.82. The fourth-order valence-electron chi connectivity index (χ4n) is 3.47. The molecule has 2 aliphatic rings. The molecule has 0 aromatic rings. The van der Waals surface area contributed by atoms with Gasteiger partial charge in [-0.25, -0.2) is 4.79 Å². The van der Waals surface area contributed by atoms with E-state index in [1.165, 1.54) is 0 Å². The van der Waals surface area contributed by atoms with Crippen molar-refractivity contribution in [2.75, 3.05) is 6.61 Å². The first kappa shape index (κ1) is 13.2. The minimum Gasteiger partial charge on any atom is -0.450 e. The summed E-state index contributed by atoms with van der Waals surface area (Å²) in [7, 11) is 0. The molecular weight excluding hydrogens is 228 g/mol. The average Bonchev–Trinajstić information content (AvgIpc) is 2.85. The van der Waals surface area contributed by atoms with E-state index in [2.05, 4.69) is 18.3 Å². The minimum atomic E-state index is -0.280. The highest BCUT2D eigenvalue weighted by Gasteiger charge is 2.54. The lowest BCUT2D eigenvalue weighted by Gasteiger charge is -2.27. The maximum atomic E-state index is 11.7. The van der Waals surface area contributed by atoms with Crippen molar-refractivity contribution < 1.29 is 9.53 Å². The topological polar surface area (TPSA) is 62.1 Å². The summed E-state index contributed by atoms with van der Waals surface area (Å²) in [5, 5.41) is 11.9. The van der Waals surface area contributed by atoms with Gasteiger partial charge in [-0.15, -0.1) is 0 Å². The zero-order chi connectivity index (χ0) is 13.1. The van der Waals surface area contributed by atoms with Crippen LogP contribution in [0.5, 0.6) is 0 Å². The standard InChI is InChI=1S/C14H22N2O2/c1-2-3-10-18-12(17)16-14-6-4-13(11-14,5-7-14)8-9-15/h2-8,10-11H2,1H3,(H,16,17). The van der Waals surface area contributed by atoms with Crippen LogP contribution in [0.4, 0.5) is 4.79 Å². The van der Waals surface area contributed by atoms with Crippen LogP contribution in [-0.2, 0) is 4.74 Å². The van der Waals surface area contributed by atoms with Crippen LogP contribution in [0.1, 0.15) is 58.3 Å². The number of alkyl carbamates (subject to hydrolysis) is 1. The van der Waals surface area contributed by atoms with Crippen LogP contribution in [0.2, 0.25) is 0 Å². The zero-order valence-corrected chi connectivity index (χ0v) is 11.1. The molecule has 0 spiro atoms. The predicted octanol–water partition coefficient (Wildman–Crippen LogP) is 3.13. The highest BCUT2D eigenvalue weighted by Crippen LogP contribution is 2.58. The van der Waals surface area contributed by atoms with Crippen molar-refractivity contribution in [3.05, 3.63) is 0 Å². The van der Waals surface area contributed by atoms with Gasteiger partial charge in [-0.1, -0.05) is 13.3 Å². The molecule has 0 aromatic heterocycles. The Balaban J connectivity index is 1.84. The van der Waals surface area contributed by atoms with Crippen molar-refractivity contribution in [2.45, 2.75) is 63.8 Å². The minimum absolute atomic E-state index is 0.0832. The van der Waals surface area contributed by atoms with Gasteiger partial charge in [0, 0.05) is 12.0 Å². The van der Waals surface area contributed by atoms with Gasteiger partial charge >= 0.3 is 6.09 Å². The monoisotopic (exact) mass is 250 g/mol. The van der Waals surface area contributed by atoms with E-state index >= 15 is 0 Å². The summed E-state index contributed by atoms with van der Waals surface area (Å²) in [6.07, 6.45) is 7.37. The summed E-state index contributed by atoms with van der Waals surface area (Å²) in [4.78, 5) is 11.7. The Morgan fingerprint density at radius 1 is 1.39 bits per heavy atom. The Morgan fingerprint density at radius 3 is 2.72 bits per heavy atom. The summed E-state index contributed by atoms with van der Waals surface area (Å²) in [6, 6.07) is 2.30. The Labute approximate surface area is 109 Å². The summed E-state index contributed by atoms with van der Waals surface area (Å²) in [6.45, 7) is 2.58. The molecule has 4 nitrogen and oxygen atoms in total. The fraction of sp³-hybridized carbons (Fsp3) is 0.857. The van der Waals surface area contributed by atoms with Crippen molar-refractivity contribution in [1.29, 1.82) is 5.26 Å².